The molecule has 0 saturated carbocycles. The third-order valence-electron chi connectivity index (χ3n) is 4.80. The topological polar surface area (TPSA) is 145 Å². The quantitative estimate of drug-likeness (QED) is 0.343. The maximum Gasteiger partial charge on any atom is 0.288 e. The number of nitrogens with one attached hydrogen (secondary N) is 2. The summed E-state index contributed by atoms with van der Waals surface area (Å²) in [7, 11) is 0. The maximum atomic E-state index is 14.8. The van der Waals surface area contributed by atoms with E-state index in [1.165, 1.54) is 28.9 Å². The third kappa shape index (κ3) is 2.62. The number of aromatic nitrogens is 6. The SMILES string of the molecule is O=c1[nH]nc(-c2cccc([N+](=O)[O-])c2)c2c1Nc1nnnn1C2c1ccccc1F. The van der Waals surface area contributed by atoms with Crippen molar-refractivity contribution in [2.75, 3.05) is 5.32 Å². The molecule has 0 spiro atoms. The number of benzene rings is 2. The Morgan fingerprint density at radius 1 is 1.17 bits per heavy atom. The van der Waals surface area contributed by atoms with E-state index in [2.05, 4.69) is 31.0 Å². The second kappa shape index (κ2) is 6.55. The zero-order valence-corrected chi connectivity index (χ0v) is 15.0. The van der Waals surface area contributed by atoms with Crippen LogP contribution in [0.5, 0.6) is 0 Å². The van der Waals surface area contributed by atoms with Gasteiger partial charge in [-0.2, -0.15) is 9.78 Å². The van der Waals surface area contributed by atoms with E-state index in [0.717, 1.165) is 0 Å². The second-order valence-electron chi connectivity index (χ2n) is 6.49. The minimum Gasteiger partial charge on any atom is -0.318 e. The number of anilines is 2. The first-order chi connectivity index (χ1) is 14.5. The van der Waals surface area contributed by atoms with Crippen LogP contribution in [0.1, 0.15) is 17.2 Å². The highest BCUT2D eigenvalue weighted by molar-refractivity contribution is 5.76. The van der Waals surface area contributed by atoms with Crippen molar-refractivity contribution in [3.8, 4) is 11.3 Å². The number of nitro groups is 1. The van der Waals surface area contributed by atoms with Crippen molar-refractivity contribution < 1.29 is 9.31 Å². The molecule has 5 rings (SSSR count). The molecular weight excluding hydrogens is 395 g/mol. The van der Waals surface area contributed by atoms with Crippen LogP contribution in [0.15, 0.2) is 53.3 Å². The molecular formula is C18H11FN8O3. The van der Waals surface area contributed by atoms with Crippen molar-refractivity contribution >= 4 is 17.3 Å². The Morgan fingerprint density at radius 2 is 2.00 bits per heavy atom. The van der Waals surface area contributed by atoms with Gasteiger partial charge < -0.3 is 5.32 Å². The standard InChI is InChI=1S/C18H11FN8O3/c19-12-7-2-1-6-11(12)16-13-14(9-4-3-5-10(8-9)27(29)30)21-22-17(28)15(13)20-18-23-24-25-26(16)18/h1-8,16H,(H,22,28)(H,20,23,25). The fraction of sp³-hybridized carbons (Fsp3) is 0.0556. The van der Waals surface area contributed by atoms with E-state index in [-0.39, 0.29) is 28.6 Å². The normalized spacial score (nSPS) is 14.5. The third-order valence-corrected chi connectivity index (χ3v) is 4.80. The van der Waals surface area contributed by atoms with Crippen molar-refractivity contribution in [1.82, 2.24) is 30.4 Å². The molecule has 2 aromatic heterocycles. The van der Waals surface area contributed by atoms with Crippen molar-refractivity contribution in [2.24, 2.45) is 0 Å². The highest BCUT2D eigenvalue weighted by Gasteiger charge is 2.35. The summed E-state index contributed by atoms with van der Waals surface area (Å²) < 4.78 is 16.1. The van der Waals surface area contributed by atoms with Gasteiger partial charge in [0.05, 0.1) is 10.6 Å². The lowest BCUT2D eigenvalue weighted by Crippen LogP contribution is -2.29. The van der Waals surface area contributed by atoms with Crippen LogP contribution < -0.4 is 10.9 Å². The molecule has 1 atom stereocenters. The lowest BCUT2D eigenvalue weighted by atomic mass is 9.92. The molecule has 0 aliphatic carbocycles. The Labute approximate surface area is 166 Å². The molecule has 1 aliphatic rings. The van der Waals surface area contributed by atoms with Crippen LogP contribution in [0.25, 0.3) is 11.3 Å². The highest BCUT2D eigenvalue weighted by atomic mass is 19.1. The summed E-state index contributed by atoms with van der Waals surface area (Å²) in [5, 5.41) is 32.0. The number of H-pyrrole nitrogens is 1. The lowest BCUT2D eigenvalue weighted by molar-refractivity contribution is -0.384. The van der Waals surface area contributed by atoms with Gasteiger partial charge in [0.15, 0.2) is 0 Å². The van der Waals surface area contributed by atoms with Crippen LogP contribution >= 0.6 is 0 Å². The van der Waals surface area contributed by atoms with Gasteiger partial charge in [0, 0.05) is 28.8 Å². The summed E-state index contributed by atoms with van der Waals surface area (Å²) in [6, 6.07) is 10.9. The van der Waals surface area contributed by atoms with Crippen LogP contribution in [0.3, 0.4) is 0 Å². The summed E-state index contributed by atoms with van der Waals surface area (Å²) in [6.07, 6.45) is 0. The van der Waals surface area contributed by atoms with Crippen LogP contribution in [0, 0.1) is 15.9 Å². The Hall–Kier alpha value is -4.48. The molecule has 2 aromatic carbocycles. The first-order valence-corrected chi connectivity index (χ1v) is 8.71. The Morgan fingerprint density at radius 3 is 2.80 bits per heavy atom. The van der Waals surface area contributed by atoms with Crippen LogP contribution in [-0.4, -0.2) is 35.3 Å². The summed E-state index contributed by atoms with van der Waals surface area (Å²) >= 11 is 0. The fourth-order valence-electron chi connectivity index (χ4n) is 3.51. The molecule has 1 aliphatic heterocycles. The van der Waals surface area contributed by atoms with E-state index < -0.39 is 22.3 Å². The van der Waals surface area contributed by atoms with Crippen LogP contribution in [0.4, 0.5) is 21.7 Å². The van der Waals surface area contributed by atoms with Gasteiger partial charge in [-0.15, -0.1) is 0 Å². The minimum atomic E-state index is -0.920. The number of halogens is 1. The second-order valence-corrected chi connectivity index (χ2v) is 6.49. The molecule has 0 saturated heterocycles. The first-order valence-electron chi connectivity index (χ1n) is 8.71. The number of hydrogen-bond acceptors (Lipinski definition) is 8. The number of nitrogens with zero attached hydrogens (tertiary/aromatic N) is 6. The first kappa shape index (κ1) is 17.6. The largest absolute Gasteiger partial charge is 0.318 e. The highest BCUT2D eigenvalue weighted by Crippen LogP contribution is 2.41. The van der Waals surface area contributed by atoms with Gasteiger partial charge in [-0.05, 0) is 16.5 Å². The van der Waals surface area contributed by atoms with Gasteiger partial charge >= 0.3 is 0 Å². The van der Waals surface area contributed by atoms with Gasteiger partial charge in [-0.1, -0.05) is 35.4 Å². The Bertz CT molecular complexity index is 1370. The van der Waals surface area contributed by atoms with E-state index >= 15 is 0 Å². The molecule has 12 heteroatoms. The zero-order valence-electron chi connectivity index (χ0n) is 15.0. The van der Waals surface area contributed by atoms with Gasteiger partial charge in [0.1, 0.15) is 17.5 Å². The predicted molar refractivity (Wildman–Crippen MR) is 102 cm³/mol. The van der Waals surface area contributed by atoms with Crippen LogP contribution in [0.2, 0.25) is 0 Å². The summed E-state index contributed by atoms with van der Waals surface area (Å²) in [5.41, 5.74) is 0.490. The number of non-ortho nitro benzene ring substituents is 1. The van der Waals surface area contributed by atoms with E-state index in [1.807, 2.05) is 0 Å². The van der Waals surface area contributed by atoms with Crippen molar-refractivity contribution in [3.05, 3.63) is 85.9 Å². The van der Waals surface area contributed by atoms with E-state index in [0.29, 0.717) is 11.1 Å². The minimum absolute atomic E-state index is 0.0852. The molecule has 0 radical (unpaired) electrons. The predicted octanol–water partition coefficient (Wildman–Crippen LogP) is 2.17. The number of aromatic amines is 1. The molecule has 3 heterocycles. The van der Waals surface area contributed by atoms with E-state index in [1.54, 1.807) is 24.3 Å². The molecule has 1 unspecified atom stereocenters. The summed E-state index contributed by atoms with van der Waals surface area (Å²) in [4.78, 5) is 23.2. The lowest BCUT2D eigenvalue weighted by Gasteiger charge is -2.27. The van der Waals surface area contributed by atoms with Gasteiger partial charge in [0.2, 0.25) is 5.95 Å². The number of hydrogen-bond donors (Lipinski definition) is 2. The monoisotopic (exact) mass is 406 g/mol. The molecule has 11 nitrogen and oxygen atoms in total. The van der Waals surface area contributed by atoms with Crippen LogP contribution in [-0.2, 0) is 0 Å². The number of fused-ring (bicyclic) bond motifs is 2. The molecule has 2 N–H and O–H groups in total. The number of tetrazole rings is 1. The Balaban J connectivity index is 1.83. The summed E-state index contributed by atoms with van der Waals surface area (Å²) in [5.74, 6) is -0.375. The molecule has 148 valence electrons. The van der Waals surface area contributed by atoms with E-state index in [9.17, 15) is 19.3 Å². The van der Waals surface area contributed by atoms with Gasteiger partial charge in [0.25, 0.3) is 11.2 Å². The number of nitro benzene ring substituents is 1. The molecule has 0 amide bonds. The van der Waals surface area contributed by atoms with Gasteiger partial charge in [-0.3, -0.25) is 14.9 Å². The average molecular weight is 406 g/mol. The smallest absolute Gasteiger partial charge is 0.288 e. The van der Waals surface area contributed by atoms with Crippen molar-refractivity contribution in [3.63, 3.8) is 0 Å². The average Bonchev–Trinajstić information content (AvgIpc) is 3.22. The Kier molecular flexibility index (Phi) is 3.84. The summed E-state index contributed by atoms with van der Waals surface area (Å²) in [6.45, 7) is 0. The molecule has 0 bridgehead atoms. The fourth-order valence-corrected chi connectivity index (χ4v) is 3.51. The zero-order chi connectivity index (χ0) is 20.8. The van der Waals surface area contributed by atoms with Crippen molar-refractivity contribution in [2.45, 2.75) is 6.04 Å². The number of rotatable bonds is 3. The molecule has 4 aromatic rings. The van der Waals surface area contributed by atoms with Gasteiger partial charge in [-0.25, -0.2) is 9.49 Å². The maximum absolute atomic E-state index is 14.8. The van der Waals surface area contributed by atoms with E-state index in [4.69, 9.17) is 0 Å². The molecule has 0 fully saturated rings. The molecule has 30 heavy (non-hydrogen) atoms. The van der Waals surface area contributed by atoms with Crippen molar-refractivity contribution in [1.29, 1.82) is 0 Å².